The van der Waals surface area contributed by atoms with Crippen molar-refractivity contribution in [2.45, 2.75) is 57.5 Å². The minimum absolute atomic E-state index is 0.0399. The molecule has 6 heteroatoms. The van der Waals surface area contributed by atoms with Crippen LogP contribution in [-0.2, 0) is 16.1 Å². The van der Waals surface area contributed by atoms with Gasteiger partial charge in [0, 0.05) is 5.92 Å². The molecule has 2 fully saturated rings. The van der Waals surface area contributed by atoms with Crippen LogP contribution in [-0.4, -0.2) is 37.2 Å². The molecule has 2 saturated heterocycles. The Morgan fingerprint density at radius 1 is 1.31 bits per heavy atom. The molecule has 142 valence electrons. The number of likely N-dealkylation sites (tertiary alicyclic amines) is 1. The summed E-state index contributed by atoms with van der Waals surface area (Å²) in [6, 6.07) is 6.74. The zero-order valence-corrected chi connectivity index (χ0v) is 15.8. The molecule has 4 rings (SSSR count). The van der Waals surface area contributed by atoms with E-state index < -0.39 is 0 Å². The maximum atomic E-state index is 12.6. The predicted molar refractivity (Wildman–Crippen MR) is 100 cm³/mol. The molecule has 3 aliphatic rings. The van der Waals surface area contributed by atoms with E-state index >= 15 is 0 Å². The van der Waals surface area contributed by atoms with E-state index in [9.17, 15) is 4.79 Å². The Kier molecular flexibility index (Phi) is 5.27. The standard InChI is InChI=1S/C20H30N4O2/c1-3-18-22-19(23-26-18)15-4-6-16-14(12-15)5-7-17(16)21-20(25)13-8-10-24(2)11-9-13/h4,6,12-13,17-19,22-23H,3,5,7-11H2,1-2H3,(H,21,25)/t17-,18?,19?/m1/s1. The third-order valence-electron chi connectivity index (χ3n) is 6.04. The van der Waals surface area contributed by atoms with Crippen molar-refractivity contribution in [3.05, 3.63) is 34.9 Å². The van der Waals surface area contributed by atoms with Crippen LogP contribution >= 0.6 is 0 Å². The third-order valence-corrected chi connectivity index (χ3v) is 6.04. The summed E-state index contributed by atoms with van der Waals surface area (Å²) in [5.74, 6) is 0.405. The normalized spacial score (nSPS) is 29.7. The fourth-order valence-corrected chi connectivity index (χ4v) is 4.30. The average molecular weight is 358 g/mol. The van der Waals surface area contributed by atoms with Gasteiger partial charge in [-0.05, 0) is 68.9 Å². The van der Waals surface area contributed by atoms with Crippen molar-refractivity contribution >= 4 is 5.91 Å². The van der Waals surface area contributed by atoms with Gasteiger partial charge >= 0.3 is 0 Å². The number of nitrogens with zero attached hydrogens (tertiary/aromatic N) is 1. The van der Waals surface area contributed by atoms with Crippen molar-refractivity contribution in [3.63, 3.8) is 0 Å². The Balaban J connectivity index is 1.39. The smallest absolute Gasteiger partial charge is 0.223 e. The first kappa shape index (κ1) is 17.9. The fourth-order valence-electron chi connectivity index (χ4n) is 4.30. The second-order valence-corrected chi connectivity index (χ2v) is 7.87. The Morgan fingerprint density at radius 2 is 2.12 bits per heavy atom. The second kappa shape index (κ2) is 7.64. The Hall–Kier alpha value is -1.47. The summed E-state index contributed by atoms with van der Waals surface area (Å²) < 4.78 is 0. The number of aryl methyl sites for hydroxylation is 1. The van der Waals surface area contributed by atoms with Gasteiger partial charge < -0.3 is 10.2 Å². The second-order valence-electron chi connectivity index (χ2n) is 7.87. The number of benzene rings is 1. The summed E-state index contributed by atoms with van der Waals surface area (Å²) in [4.78, 5) is 20.5. The van der Waals surface area contributed by atoms with E-state index in [4.69, 9.17) is 4.84 Å². The molecule has 1 amide bonds. The van der Waals surface area contributed by atoms with Crippen LogP contribution in [0.2, 0.25) is 0 Å². The van der Waals surface area contributed by atoms with Crippen LogP contribution in [0.1, 0.15) is 61.5 Å². The molecule has 3 atom stereocenters. The summed E-state index contributed by atoms with van der Waals surface area (Å²) in [5.41, 5.74) is 6.89. The minimum atomic E-state index is 0.0399. The van der Waals surface area contributed by atoms with Crippen molar-refractivity contribution in [3.8, 4) is 0 Å². The van der Waals surface area contributed by atoms with Crippen molar-refractivity contribution in [1.82, 2.24) is 21.0 Å². The van der Waals surface area contributed by atoms with Crippen LogP contribution < -0.4 is 16.1 Å². The van der Waals surface area contributed by atoms with E-state index in [0.717, 1.165) is 45.2 Å². The lowest BCUT2D eigenvalue weighted by atomic mass is 9.95. The number of hydrogen-bond acceptors (Lipinski definition) is 5. The monoisotopic (exact) mass is 358 g/mol. The molecule has 3 N–H and O–H groups in total. The van der Waals surface area contributed by atoms with Gasteiger partial charge in [-0.1, -0.05) is 25.1 Å². The van der Waals surface area contributed by atoms with E-state index in [1.54, 1.807) is 0 Å². The van der Waals surface area contributed by atoms with Gasteiger partial charge in [0.2, 0.25) is 5.91 Å². The van der Waals surface area contributed by atoms with Gasteiger partial charge in [0.15, 0.2) is 0 Å². The summed E-state index contributed by atoms with van der Waals surface area (Å²) in [7, 11) is 2.13. The van der Waals surface area contributed by atoms with Gasteiger partial charge in [-0.25, -0.2) is 0 Å². The number of amides is 1. The molecule has 6 nitrogen and oxygen atoms in total. The number of rotatable bonds is 4. The van der Waals surface area contributed by atoms with Gasteiger partial charge in [-0.15, -0.1) is 0 Å². The highest BCUT2D eigenvalue weighted by molar-refractivity contribution is 5.79. The van der Waals surface area contributed by atoms with E-state index in [2.05, 4.69) is 53.2 Å². The molecule has 2 aliphatic heterocycles. The van der Waals surface area contributed by atoms with Crippen LogP contribution in [0.15, 0.2) is 18.2 Å². The van der Waals surface area contributed by atoms with E-state index in [0.29, 0.717) is 0 Å². The van der Waals surface area contributed by atoms with Crippen molar-refractivity contribution in [2.75, 3.05) is 20.1 Å². The molecule has 1 aliphatic carbocycles. The largest absolute Gasteiger partial charge is 0.349 e. The summed E-state index contributed by atoms with van der Waals surface area (Å²) in [5, 5.41) is 6.74. The summed E-state index contributed by atoms with van der Waals surface area (Å²) in [6.07, 6.45) is 4.99. The fraction of sp³-hybridized carbons (Fsp3) is 0.650. The van der Waals surface area contributed by atoms with Crippen LogP contribution in [0, 0.1) is 5.92 Å². The van der Waals surface area contributed by atoms with Crippen molar-refractivity contribution < 1.29 is 9.63 Å². The number of carbonyl (C=O) groups excluding carboxylic acids is 1. The van der Waals surface area contributed by atoms with Gasteiger partial charge in [0.1, 0.15) is 12.4 Å². The molecule has 0 aromatic heterocycles. The Bertz CT molecular complexity index is 657. The molecule has 1 aromatic rings. The highest BCUT2D eigenvalue weighted by atomic mass is 16.7. The first-order valence-electron chi connectivity index (χ1n) is 9.93. The average Bonchev–Trinajstić information content (AvgIpc) is 3.29. The quantitative estimate of drug-likeness (QED) is 0.768. The van der Waals surface area contributed by atoms with Crippen LogP contribution in [0.25, 0.3) is 0 Å². The highest BCUT2D eigenvalue weighted by Crippen LogP contribution is 2.34. The zero-order valence-electron chi connectivity index (χ0n) is 15.8. The minimum Gasteiger partial charge on any atom is -0.349 e. The van der Waals surface area contributed by atoms with E-state index in [-0.39, 0.29) is 30.3 Å². The lowest BCUT2D eigenvalue weighted by Gasteiger charge is -2.29. The van der Waals surface area contributed by atoms with Crippen molar-refractivity contribution in [2.24, 2.45) is 5.92 Å². The van der Waals surface area contributed by atoms with Crippen LogP contribution in [0.5, 0.6) is 0 Å². The van der Waals surface area contributed by atoms with Gasteiger partial charge in [0.25, 0.3) is 0 Å². The maximum absolute atomic E-state index is 12.6. The first-order valence-corrected chi connectivity index (χ1v) is 9.93. The van der Waals surface area contributed by atoms with Crippen LogP contribution in [0.4, 0.5) is 0 Å². The lowest BCUT2D eigenvalue weighted by Crippen LogP contribution is -2.39. The number of nitrogens with one attached hydrogen (secondary N) is 3. The van der Waals surface area contributed by atoms with Gasteiger partial charge in [-0.2, -0.15) is 5.48 Å². The highest BCUT2D eigenvalue weighted by Gasteiger charge is 2.30. The molecule has 1 aromatic carbocycles. The molecule has 0 radical (unpaired) electrons. The van der Waals surface area contributed by atoms with E-state index in [1.165, 1.54) is 16.7 Å². The molecule has 0 spiro atoms. The number of hydroxylamine groups is 1. The summed E-state index contributed by atoms with van der Waals surface area (Å²) in [6.45, 7) is 4.14. The van der Waals surface area contributed by atoms with Crippen LogP contribution in [0.3, 0.4) is 0 Å². The number of fused-ring (bicyclic) bond motifs is 1. The Labute approximate surface area is 155 Å². The third kappa shape index (κ3) is 3.64. The topological polar surface area (TPSA) is 65.6 Å². The molecule has 26 heavy (non-hydrogen) atoms. The molecular formula is C20H30N4O2. The van der Waals surface area contributed by atoms with Gasteiger partial charge in [0.05, 0.1) is 6.04 Å². The first-order chi connectivity index (χ1) is 12.6. The Morgan fingerprint density at radius 3 is 2.85 bits per heavy atom. The summed E-state index contributed by atoms with van der Waals surface area (Å²) >= 11 is 0. The molecule has 2 heterocycles. The molecule has 0 bridgehead atoms. The lowest BCUT2D eigenvalue weighted by molar-refractivity contribution is -0.127. The van der Waals surface area contributed by atoms with Gasteiger partial charge in [-0.3, -0.25) is 14.9 Å². The maximum Gasteiger partial charge on any atom is 0.223 e. The number of hydrogen-bond donors (Lipinski definition) is 3. The number of piperidine rings is 1. The molecule has 0 saturated carbocycles. The van der Waals surface area contributed by atoms with Crippen molar-refractivity contribution in [1.29, 1.82) is 0 Å². The predicted octanol–water partition coefficient (Wildman–Crippen LogP) is 1.99. The molecular weight excluding hydrogens is 328 g/mol. The SMILES string of the molecule is CCC1NC(c2ccc3c(c2)CC[C@H]3NC(=O)C2CCN(C)CC2)NO1. The van der Waals surface area contributed by atoms with E-state index in [1.807, 2.05) is 0 Å². The molecule has 2 unspecified atom stereocenters. The number of carbonyl (C=O) groups is 1. The zero-order chi connectivity index (χ0) is 18.1.